The van der Waals surface area contributed by atoms with Crippen LogP contribution >= 0.6 is 0 Å². The van der Waals surface area contributed by atoms with Gasteiger partial charge in [-0.3, -0.25) is 9.59 Å². The summed E-state index contributed by atoms with van der Waals surface area (Å²) in [6.07, 6.45) is -3.64. The largest absolute Gasteiger partial charge is 0.506 e. The Labute approximate surface area is 169 Å². The molecule has 1 aromatic rings. The number of carbonyl (C=O) groups is 2. The summed E-state index contributed by atoms with van der Waals surface area (Å²) in [4.78, 5) is 28.9. The van der Waals surface area contributed by atoms with Crippen molar-refractivity contribution >= 4 is 17.3 Å². The van der Waals surface area contributed by atoms with Crippen LogP contribution in [0.1, 0.15) is 36.2 Å². The maximum Gasteiger partial charge on any atom is 0.433 e. The van der Waals surface area contributed by atoms with Gasteiger partial charge in [0.05, 0.1) is 25.5 Å². The van der Waals surface area contributed by atoms with Crippen LogP contribution in [0.2, 0.25) is 0 Å². The van der Waals surface area contributed by atoms with E-state index in [0.29, 0.717) is 25.3 Å². The fourth-order valence-corrected chi connectivity index (χ4v) is 4.10. The molecule has 3 aliphatic rings. The molecule has 10 heteroatoms. The molecule has 2 aliphatic carbocycles. The quantitative estimate of drug-likeness (QED) is 0.449. The minimum Gasteiger partial charge on any atom is -0.506 e. The molecular weight excluding hydrogens is 407 g/mol. The van der Waals surface area contributed by atoms with E-state index in [1.54, 1.807) is 0 Å². The minimum atomic E-state index is -4.71. The number of pyridine rings is 1. The van der Waals surface area contributed by atoms with E-state index < -0.39 is 35.3 Å². The minimum absolute atomic E-state index is 0.104. The van der Waals surface area contributed by atoms with E-state index in [1.807, 2.05) is 0 Å². The van der Waals surface area contributed by atoms with Crippen molar-refractivity contribution in [2.75, 3.05) is 20.0 Å². The van der Waals surface area contributed by atoms with Crippen LogP contribution in [0.3, 0.4) is 0 Å². The topological polar surface area (TPSA) is 95.0 Å². The molecule has 2 saturated carbocycles. The molecule has 2 heterocycles. The molecule has 1 aliphatic heterocycles. The molecule has 3 fully saturated rings. The smallest absolute Gasteiger partial charge is 0.433 e. The van der Waals surface area contributed by atoms with Crippen LogP contribution in [0.5, 0.6) is 0 Å². The van der Waals surface area contributed by atoms with Crippen molar-refractivity contribution in [3.05, 3.63) is 34.7 Å². The fraction of sp³-hybridized carbons (Fsp3) is 0.550. The number of aliphatic hydroxyl groups excluding tert-OH is 1. The highest BCUT2D eigenvalue weighted by atomic mass is 19.4. The monoisotopic (exact) mass is 427 g/mol. The Morgan fingerprint density at radius 1 is 1.13 bits per heavy atom. The second-order valence-electron chi connectivity index (χ2n) is 7.64. The molecule has 2 atom stereocenters. The summed E-state index contributed by atoms with van der Waals surface area (Å²) in [6.45, 7) is 0.110. The summed E-state index contributed by atoms with van der Waals surface area (Å²) >= 11 is 0. The molecule has 30 heavy (non-hydrogen) atoms. The molecule has 7 nitrogen and oxygen atoms in total. The number of carbonyl (C=O) groups excluding carboxylic acids is 2. The number of nitrogens with zero attached hydrogens (tertiary/aromatic N) is 1. The van der Waals surface area contributed by atoms with Crippen molar-refractivity contribution in [3.63, 3.8) is 0 Å². The van der Waals surface area contributed by atoms with E-state index in [0.717, 1.165) is 6.07 Å². The molecule has 0 amide bonds. The molecule has 2 bridgehead atoms. The second-order valence-corrected chi connectivity index (χ2v) is 7.64. The third-order valence-corrected chi connectivity index (χ3v) is 5.65. The molecule has 1 saturated heterocycles. The van der Waals surface area contributed by atoms with Gasteiger partial charge < -0.3 is 19.3 Å². The van der Waals surface area contributed by atoms with E-state index in [2.05, 4.69) is 4.98 Å². The SMILES string of the molecule is O=C1C(=C(O)c2ccc(C(F)(F)F)nc2COC2COCOC2)C(=O)C2CCC1C2. The number of Topliss-reactive ketones (excluding diaryl/α,β-unsaturated/α-hetero) is 2. The first-order chi connectivity index (χ1) is 14.3. The average molecular weight is 427 g/mol. The number of halogens is 3. The molecule has 4 rings (SSSR count). The number of alkyl halides is 3. The molecule has 1 N–H and O–H groups in total. The van der Waals surface area contributed by atoms with Crippen molar-refractivity contribution < 1.29 is 42.1 Å². The number of aliphatic hydroxyl groups is 1. The first-order valence-electron chi connectivity index (χ1n) is 9.62. The number of fused-ring (bicyclic) bond motifs is 2. The predicted octanol–water partition coefficient (Wildman–Crippen LogP) is 2.83. The lowest BCUT2D eigenvalue weighted by Crippen LogP contribution is -2.32. The molecular formula is C20H20F3NO6. The number of hydrogen-bond donors (Lipinski definition) is 1. The van der Waals surface area contributed by atoms with Crippen molar-refractivity contribution in [2.24, 2.45) is 11.8 Å². The van der Waals surface area contributed by atoms with Gasteiger partial charge in [-0.2, -0.15) is 13.2 Å². The van der Waals surface area contributed by atoms with E-state index >= 15 is 0 Å². The van der Waals surface area contributed by atoms with Gasteiger partial charge in [0.15, 0.2) is 11.6 Å². The van der Waals surface area contributed by atoms with Gasteiger partial charge in [0, 0.05) is 17.4 Å². The lowest BCUT2D eigenvalue weighted by Gasteiger charge is -2.24. The van der Waals surface area contributed by atoms with Crippen LogP contribution in [0.25, 0.3) is 5.76 Å². The highest BCUT2D eigenvalue weighted by Crippen LogP contribution is 2.42. The first-order valence-corrected chi connectivity index (χ1v) is 9.62. The summed E-state index contributed by atoms with van der Waals surface area (Å²) in [5.74, 6) is -2.26. The van der Waals surface area contributed by atoms with Crippen LogP contribution in [-0.2, 0) is 36.6 Å². The van der Waals surface area contributed by atoms with Crippen molar-refractivity contribution in [1.82, 2.24) is 4.98 Å². The Morgan fingerprint density at radius 3 is 2.37 bits per heavy atom. The number of rotatable bonds is 4. The molecule has 0 spiro atoms. The van der Waals surface area contributed by atoms with E-state index in [4.69, 9.17) is 14.2 Å². The van der Waals surface area contributed by atoms with Crippen LogP contribution in [0.15, 0.2) is 17.7 Å². The molecule has 0 aromatic carbocycles. The summed E-state index contributed by atoms with van der Waals surface area (Å²) in [6, 6.07) is 1.72. The second kappa shape index (κ2) is 8.09. The molecule has 0 radical (unpaired) electrons. The summed E-state index contributed by atoms with van der Waals surface area (Å²) < 4.78 is 55.2. The maximum atomic E-state index is 13.2. The molecule has 162 valence electrons. The van der Waals surface area contributed by atoms with Crippen LogP contribution in [0.4, 0.5) is 13.2 Å². The normalized spacial score (nSPS) is 25.1. The molecule has 1 aromatic heterocycles. The fourth-order valence-electron chi connectivity index (χ4n) is 4.10. The number of allylic oxidation sites excluding steroid dienone is 1. The van der Waals surface area contributed by atoms with Crippen molar-refractivity contribution in [2.45, 2.75) is 38.1 Å². The highest BCUT2D eigenvalue weighted by Gasteiger charge is 2.45. The van der Waals surface area contributed by atoms with Crippen LogP contribution in [-0.4, -0.2) is 47.8 Å². The molecule has 2 unspecified atom stereocenters. The van der Waals surface area contributed by atoms with Crippen LogP contribution < -0.4 is 0 Å². The standard InChI is InChI=1S/C20H20F3NO6/c21-20(22,23)15-4-3-13(14(24-15)8-30-12-6-28-9-29-7-12)19(27)16-17(25)10-1-2-11(5-10)18(16)26/h3-4,10-12,27H,1-2,5-9H2. The van der Waals surface area contributed by atoms with E-state index in [-0.39, 0.29) is 55.3 Å². The predicted molar refractivity (Wildman–Crippen MR) is 95.0 cm³/mol. The number of aromatic nitrogens is 1. The van der Waals surface area contributed by atoms with Gasteiger partial charge in [0.25, 0.3) is 0 Å². The Morgan fingerprint density at radius 2 is 1.77 bits per heavy atom. The number of ether oxygens (including phenoxy) is 3. The zero-order valence-corrected chi connectivity index (χ0v) is 15.9. The summed E-state index contributed by atoms with van der Waals surface area (Å²) in [7, 11) is 0. The van der Waals surface area contributed by atoms with Crippen LogP contribution in [0, 0.1) is 11.8 Å². The maximum absolute atomic E-state index is 13.2. The summed E-state index contributed by atoms with van der Waals surface area (Å²) in [5.41, 5.74) is -1.86. The Balaban J connectivity index is 1.70. The van der Waals surface area contributed by atoms with Crippen molar-refractivity contribution in [3.8, 4) is 0 Å². The van der Waals surface area contributed by atoms with Gasteiger partial charge in [-0.25, -0.2) is 4.98 Å². The Hall–Kier alpha value is -2.30. The van der Waals surface area contributed by atoms with E-state index in [9.17, 15) is 27.9 Å². The first kappa shape index (κ1) is 21.0. The Kier molecular flexibility index (Phi) is 5.65. The van der Waals surface area contributed by atoms with E-state index in [1.165, 1.54) is 0 Å². The van der Waals surface area contributed by atoms with Gasteiger partial charge in [0.1, 0.15) is 29.9 Å². The average Bonchev–Trinajstić information content (AvgIpc) is 3.18. The zero-order chi connectivity index (χ0) is 21.5. The zero-order valence-electron chi connectivity index (χ0n) is 15.9. The number of ketones is 2. The Bertz CT molecular complexity index is 867. The van der Waals surface area contributed by atoms with Gasteiger partial charge in [-0.15, -0.1) is 0 Å². The third kappa shape index (κ3) is 3.99. The lowest BCUT2D eigenvalue weighted by atomic mass is 9.81. The van der Waals surface area contributed by atoms with Gasteiger partial charge in [-0.05, 0) is 31.4 Å². The van der Waals surface area contributed by atoms with Crippen molar-refractivity contribution in [1.29, 1.82) is 0 Å². The highest BCUT2D eigenvalue weighted by molar-refractivity contribution is 6.27. The lowest BCUT2D eigenvalue weighted by molar-refractivity contribution is -0.171. The summed E-state index contributed by atoms with van der Waals surface area (Å²) in [5, 5.41) is 10.8. The number of hydrogen-bond acceptors (Lipinski definition) is 7. The van der Waals surface area contributed by atoms with Gasteiger partial charge in [-0.1, -0.05) is 0 Å². The van der Waals surface area contributed by atoms with Gasteiger partial charge >= 0.3 is 6.18 Å². The van der Waals surface area contributed by atoms with Gasteiger partial charge in [0.2, 0.25) is 0 Å². The third-order valence-electron chi connectivity index (χ3n) is 5.65.